The highest BCUT2D eigenvalue weighted by Gasteiger charge is 2.22. The Bertz CT molecular complexity index is 2780. The van der Waals surface area contributed by atoms with Gasteiger partial charge in [-0.15, -0.1) is 0 Å². The van der Waals surface area contributed by atoms with E-state index in [1.807, 2.05) is 12.3 Å². The highest BCUT2D eigenvalue weighted by atomic mass is 15.0. The van der Waals surface area contributed by atoms with Gasteiger partial charge in [0.1, 0.15) is 5.65 Å². The average Bonchev–Trinajstić information content (AvgIpc) is 3.71. The Labute approximate surface area is 290 Å². The number of benzene rings is 6. The molecule has 3 aromatic heterocycles. The lowest BCUT2D eigenvalue weighted by atomic mass is 9.96. The smallest absolute Gasteiger partial charge is 0.145 e. The molecule has 0 N–H and O–H groups in total. The van der Waals surface area contributed by atoms with Gasteiger partial charge in [0.15, 0.2) is 0 Å². The first-order valence-corrected chi connectivity index (χ1v) is 17.3. The summed E-state index contributed by atoms with van der Waals surface area (Å²) in [5.41, 5.74) is 13.1. The molecule has 1 aliphatic carbocycles. The molecule has 0 saturated carbocycles. The first-order valence-electron chi connectivity index (χ1n) is 17.3. The Hall–Kier alpha value is -6.45. The fourth-order valence-corrected chi connectivity index (χ4v) is 8.04. The summed E-state index contributed by atoms with van der Waals surface area (Å²) in [6.07, 6.45) is 9.88. The van der Waals surface area contributed by atoms with Crippen molar-refractivity contribution in [3.05, 3.63) is 188 Å². The maximum Gasteiger partial charge on any atom is 0.145 e. The maximum absolute atomic E-state index is 4.92. The molecule has 3 nitrogen and oxygen atoms in total. The Morgan fingerprint density at radius 3 is 2.14 bits per heavy atom. The fourth-order valence-electron chi connectivity index (χ4n) is 8.04. The van der Waals surface area contributed by atoms with E-state index in [0.717, 1.165) is 28.7 Å². The molecule has 0 spiro atoms. The number of hydrogen-bond acceptors (Lipinski definition) is 1. The second-order valence-corrected chi connectivity index (χ2v) is 13.1. The van der Waals surface area contributed by atoms with Crippen molar-refractivity contribution in [1.82, 2.24) is 14.1 Å². The molecule has 10 rings (SSSR count). The van der Waals surface area contributed by atoms with Gasteiger partial charge < -0.3 is 4.57 Å². The van der Waals surface area contributed by atoms with Gasteiger partial charge in [-0.1, -0.05) is 133 Å². The number of para-hydroxylation sites is 1. The van der Waals surface area contributed by atoms with E-state index in [4.69, 9.17) is 4.98 Å². The minimum absolute atomic E-state index is 0.209. The van der Waals surface area contributed by atoms with E-state index in [0.29, 0.717) is 0 Å². The van der Waals surface area contributed by atoms with Crippen molar-refractivity contribution >= 4 is 49.3 Å². The predicted octanol–water partition coefficient (Wildman–Crippen LogP) is 12.2. The van der Waals surface area contributed by atoms with Gasteiger partial charge in [0.25, 0.3) is 0 Å². The summed E-state index contributed by atoms with van der Waals surface area (Å²) in [6, 6.07) is 57.2. The Balaban J connectivity index is 1.18. The molecule has 0 saturated heterocycles. The standard InChI is InChI=1S/C47H33N3/c1-3-13-32(14-4-1)34-17-9-19-37(29-34)49-43-24-8-7-21-42(43)46-39(22-11-25-44(46)49)36-26-27-40-41-23-12-28-48-47(41)50(45(40)31-36)38-20-10-18-35(30-38)33-15-5-2-6-16-33/h1-18,20-31,37H,19H2. The summed E-state index contributed by atoms with van der Waals surface area (Å²) in [7, 11) is 0. The molecule has 0 aliphatic heterocycles. The molecule has 0 radical (unpaired) electrons. The molecule has 9 aromatic rings. The molecule has 1 atom stereocenters. The molecule has 0 fully saturated rings. The lowest BCUT2D eigenvalue weighted by Crippen LogP contribution is -2.08. The van der Waals surface area contributed by atoms with Crippen LogP contribution in [0.1, 0.15) is 18.0 Å². The van der Waals surface area contributed by atoms with Crippen LogP contribution >= 0.6 is 0 Å². The van der Waals surface area contributed by atoms with Gasteiger partial charge >= 0.3 is 0 Å². The van der Waals surface area contributed by atoms with Crippen LogP contribution in [0.2, 0.25) is 0 Å². The van der Waals surface area contributed by atoms with Crippen molar-refractivity contribution in [2.75, 3.05) is 0 Å². The van der Waals surface area contributed by atoms with Gasteiger partial charge in [-0.25, -0.2) is 4.98 Å². The third-order valence-electron chi connectivity index (χ3n) is 10.3. The summed E-state index contributed by atoms with van der Waals surface area (Å²) in [6.45, 7) is 0. The number of aromatic nitrogens is 3. The minimum atomic E-state index is 0.209. The minimum Gasteiger partial charge on any atom is -0.333 e. The number of allylic oxidation sites excluding steroid dienone is 4. The lowest BCUT2D eigenvalue weighted by molar-refractivity contribution is 0.650. The second-order valence-electron chi connectivity index (χ2n) is 13.1. The number of rotatable bonds is 5. The third kappa shape index (κ3) is 4.55. The number of nitrogens with zero attached hydrogens (tertiary/aromatic N) is 3. The van der Waals surface area contributed by atoms with Crippen molar-refractivity contribution in [1.29, 1.82) is 0 Å². The van der Waals surface area contributed by atoms with Crippen molar-refractivity contribution in [2.45, 2.75) is 12.5 Å². The first kappa shape index (κ1) is 28.6. The van der Waals surface area contributed by atoms with Gasteiger partial charge in [0.2, 0.25) is 0 Å². The maximum atomic E-state index is 4.92. The first-order chi connectivity index (χ1) is 24.8. The quantitative estimate of drug-likeness (QED) is 0.184. The average molecular weight is 640 g/mol. The second kappa shape index (κ2) is 11.6. The van der Waals surface area contributed by atoms with E-state index >= 15 is 0 Å². The van der Waals surface area contributed by atoms with Crippen LogP contribution in [0.4, 0.5) is 0 Å². The molecule has 3 heteroatoms. The molecule has 1 aliphatic rings. The van der Waals surface area contributed by atoms with Crippen LogP contribution in [0.25, 0.3) is 77.3 Å². The summed E-state index contributed by atoms with van der Waals surface area (Å²) in [5, 5.41) is 4.92. The zero-order valence-corrected chi connectivity index (χ0v) is 27.4. The van der Waals surface area contributed by atoms with Crippen LogP contribution in [-0.2, 0) is 0 Å². The molecule has 50 heavy (non-hydrogen) atoms. The normalized spacial score (nSPS) is 14.6. The van der Waals surface area contributed by atoms with Crippen molar-refractivity contribution in [3.8, 4) is 27.9 Å². The van der Waals surface area contributed by atoms with Gasteiger partial charge in [0, 0.05) is 38.9 Å². The van der Waals surface area contributed by atoms with Crippen LogP contribution in [0, 0.1) is 0 Å². The summed E-state index contributed by atoms with van der Waals surface area (Å²) >= 11 is 0. The SMILES string of the molecule is C1=CC(c2ccccc2)=CC(n2c3ccccc3c3c(-c4ccc5c6cccnc6n(-c6cccc(-c7ccccc7)c6)c5c4)cccc32)C1. The number of pyridine rings is 1. The molecule has 3 heterocycles. The molecule has 236 valence electrons. The molecular formula is C47H33N3. The lowest BCUT2D eigenvalue weighted by Gasteiger charge is -2.21. The summed E-state index contributed by atoms with van der Waals surface area (Å²) in [5.74, 6) is 0. The Morgan fingerprint density at radius 2 is 1.26 bits per heavy atom. The monoisotopic (exact) mass is 639 g/mol. The van der Waals surface area contributed by atoms with Gasteiger partial charge in [0.05, 0.1) is 17.1 Å². The molecular weight excluding hydrogens is 607 g/mol. The highest BCUT2D eigenvalue weighted by molar-refractivity contribution is 6.16. The van der Waals surface area contributed by atoms with Gasteiger partial charge in [-0.2, -0.15) is 0 Å². The zero-order valence-electron chi connectivity index (χ0n) is 27.4. The summed E-state index contributed by atoms with van der Waals surface area (Å²) in [4.78, 5) is 4.92. The molecule has 0 bridgehead atoms. The van der Waals surface area contributed by atoms with E-state index in [2.05, 4.69) is 179 Å². The van der Waals surface area contributed by atoms with Crippen molar-refractivity contribution < 1.29 is 0 Å². The largest absolute Gasteiger partial charge is 0.333 e. The highest BCUT2D eigenvalue weighted by Crippen LogP contribution is 2.42. The summed E-state index contributed by atoms with van der Waals surface area (Å²) < 4.78 is 4.88. The molecule has 6 aromatic carbocycles. The topological polar surface area (TPSA) is 22.8 Å². The number of hydrogen-bond donors (Lipinski definition) is 0. The van der Waals surface area contributed by atoms with E-state index in [9.17, 15) is 0 Å². The third-order valence-corrected chi connectivity index (χ3v) is 10.3. The van der Waals surface area contributed by atoms with Gasteiger partial charge in [-0.05, 0) is 82.3 Å². The zero-order chi connectivity index (χ0) is 33.0. The van der Waals surface area contributed by atoms with Crippen molar-refractivity contribution in [2.24, 2.45) is 0 Å². The van der Waals surface area contributed by atoms with E-state index in [1.54, 1.807) is 0 Å². The van der Waals surface area contributed by atoms with Crippen LogP contribution in [0.5, 0.6) is 0 Å². The fraction of sp³-hybridized carbons (Fsp3) is 0.0426. The Kier molecular flexibility index (Phi) is 6.63. The van der Waals surface area contributed by atoms with Crippen LogP contribution in [0.15, 0.2) is 182 Å². The van der Waals surface area contributed by atoms with Crippen molar-refractivity contribution in [3.63, 3.8) is 0 Å². The van der Waals surface area contributed by atoms with E-state index in [1.165, 1.54) is 60.6 Å². The van der Waals surface area contributed by atoms with E-state index in [-0.39, 0.29) is 6.04 Å². The Morgan fingerprint density at radius 1 is 0.520 bits per heavy atom. The van der Waals surface area contributed by atoms with Gasteiger partial charge in [-0.3, -0.25) is 4.57 Å². The predicted molar refractivity (Wildman–Crippen MR) is 210 cm³/mol. The van der Waals surface area contributed by atoms with E-state index < -0.39 is 0 Å². The molecule has 1 unspecified atom stereocenters. The van der Waals surface area contributed by atoms with Crippen LogP contribution < -0.4 is 0 Å². The van der Waals surface area contributed by atoms with Crippen LogP contribution in [0.3, 0.4) is 0 Å². The molecule has 0 amide bonds. The van der Waals surface area contributed by atoms with Crippen LogP contribution in [-0.4, -0.2) is 14.1 Å². The number of fused-ring (bicyclic) bond motifs is 6.